The molecular weight excluding hydrogens is 834 g/mol. The van der Waals surface area contributed by atoms with Crippen LogP contribution in [0.25, 0.3) is 111 Å². The molecule has 4 aromatic heterocycles. The van der Waals surface area contributed by atoms with Crippen LogP contribution in [0.5, 0.6) is 51.7 Å². The van der Waals surface area contributed by atoms with Crippen molar-refractivity contribution < 1.29 is 64.3 Å². The molecule has 9 N–H and O–H groups in total. The van der Waals surface area contributed by atoms with Gasteiger partial charge < -0.3 is 50.5 Å². The topological polar surface area (TPSA) is 244 Å². The van der Waals surface area contributed by atoms with Gasteiger partial charge >= 0.3 is 0 Å². The molecule has 0 saturated heterocycles. The van der Waals surface area contributed by atoms with E-state index in [-0.39, 0.29) is 65.6 Å². The predicted octanol–water partition coefficient (Wildman–Crippen LogP) is 7.45. The summed E-state index contributed by atoms with van der Waals surface area (Å²) < 4.78 is 26.1. The zero-order valence-corrected chi connectivity index (χ0v) is 33.9. The minimum absolute atomic E-state index is 0.00790. The number of nitrogens with zero attached hydrogens (tertiary/aromatic N) is 2. The maximum absolute atomic E-state index is 12.6. The summed E-state index contributed by atoms with van der Waals surface area (Å²) in [5.74, 6) is -7.24. The molecule has 0 amide bonds. The van der Waals surface area contributed by atoms with Gasteiger partial charge in [-0.15, -0.1) is 0 Å². The predicted molar refractivity (Wildman–Crippen MR) is 247 cm³/mol. The number of hydrogen-bond donors (Lipinski definition) is 9. The molecule has 65 heavy (non-hydrogen) atoms. The zero-order valence-electron chi connectivity index (χ0n) is 33.9. The lowest BCUT2D eigenvalue weighted by Gasteiger charge is -2.14. The molecule has 0 radical (unpaired) electrons. The zero-order chi connectivity index (χ0) is 44.9. The van der Waals surface area contributed by atoms with E-state index in [1.165, 1.54) is 24.7 Å². The maximum atomic E-state index is 12.6. The number of benzene rings is 8. The smallest absolute Gasteiger partial charge is 0.250 e. The summed E-state index contributed by atoms with van der Waals surface area (Å²) in [7, 11) is 2.93. The standard InChI is InChI=1S/C48H30B2N2O13/c49-29-25-26-34-47(44(61)42(59)36(26)53)63-62-45-28-27-31(30(50)39(56)41(58)37(27)54)51(32(28)40(57)48-35(45)52(34)33(25)46(64-65-48)43(60)38(29)55)24-13-11-20(12-14-24)23-16-21(18-7-3-1-4-8-18)15-22(17-23)19-9-5-2-6-10-19/h1-17,53-61H,49-50H2. The van der Waals surface area contributed by atoms with Crippen LogP contribution in [0.1, 0.15) is 0 Å². The third kappa shape index (κ3) is 4.80. The number of rotatable bonds is 4. The Balaban J connectivity index is 1.22. The summed E-state index contributed by atoms with van der Waals surface area (Å²) in [6.45, 7) is 0. The van der Waals surface area contributed by atoms with E-state index in [9.17, 15) is 46.0 Å². The van der Waals surface area contributed by atoms with Gasteiger partial charge in [0.15, 0.2) is 34.5 Å². The van der Waals surface area contributed by atoms with Gasteiger partial charge in [-0.05, 0) is 74.6 Å². The van der Waals surface area contributed by atoms with Gasteiger partial charge in [0.2, 0.25) is 39.6 Å². The van der Waals surface area contributed by atoms with Crippen molar-refractivity contribution in [3.05, 3.63) is 103 Å². The molecule has 0 unspecified atom stereocenters. The summed E-state index contributed by atoms with van der Waals surface area (Å²) >= 11 is 0. The average Bonchev–Trinajstić information content (AvgIpc) is 3.74. The molecule has 8 aromatic carbocycles. The minimum Gasteiger partial charge on any atom is -0.505 e. The molecule has 316 valence electrons. The molecule has 0 fully saturated rings. The van der Waals surface area contributed by atoms with Crippen LogP contribution in [0.4, 0.5) is 0 Å². The molecule has 12 rings (SSSR count). The van der Waals surface area contributed by atoms with Crippen LogP contribution < -0.4 is 10.9 Å². The largest absolute Gasteiger partial charge is 0.505 e. The first kappa shape index (κ1) is 37.6. The number of phenolic OH excluding ortho intramolecular Hbond substituents is 9. The summed E-state index contributed by atoms with van der Waals surface area (Å²) in [5, 5.41) is 102. The molecule has 0 saturated carbocycles. The van der Waals surface area contributed by atoms with E-state index in [4.69, 9.17) is 18.3 Å². The number of fused-ring (bicyclic) bond motifs is 5. The molecular formula is C48H30B2N2O13. The number of phenols is 9. The lowest BCUT2D eigenvalue weighted by molar-refractivity contribution is 0.0854. The molecule has 12 aromatic rings. The van der Waals surface area contributed by atoms with Crippen LogP contribution >= 0.6 is 0 Å². The van der Waals surface area contributed by atoms with Crippen molar-refractivity contribution in [2.75, 3.05) is 0 Å². The number of aromatic nitrogens is 2. The Bertz CT molecular complexity index is 3980. The van der Waals surface area contributed by atoms with E-state index in [1.807, 2.05) is 72.8 Å². The summed E-state index contributed by atoms with van der Waals surface area (Å²) in [6, 6.07) is 33.6. The van der Waals surface area contributed by atoms with E-state index in [0.717, 1.165) is 33.4 Å². The lowest BCUT2D eigenvalue weighted by Crippen LogP contribution is -2.09. The number of hydrogen-bond acceptors (Lipinski definition) is 13. The molecule has 0 aliphatic carbocycles. The van der Waals surface area contributed by atoms with Crippen molar-refractivity contribution in [3.63, 3.8) is 0 Å². The maximum Gasteiger partial charge on any atom is 0.250 e. The Morgan fingerprint density at radius 1 is 0.323 bits per heavy atom. The van der Waals surface area contributed by atoms with Crippen molar-refractivity contribution in [3.8, 4) is 90.8 Å². The molecule has 0 aliphatic rings. The lowest BCUT2D eigenvalue weighted by atomic mass is 9.89. The third-order valence-corrected chi connectivity index (χ3v) is 12.6. The average molecular weight is 864 g/mol. The first-order valence-corrected chi connectivity index (χ1v) is 20.1. The van der Waals surface area contributed by atoms with Crippen molar-refractivity contribution in [1.82, 2.24) is 8.97 Å². The third-order valence-electron chi connectivity index (χ3n) is 12.6. The van der Waals surface area contributed by atoms with Crippen molar-refractivity contribution >= 4 is 98.1 Å². The summed E-state index contributed by atoms with van der Waals surface area (Å²) in [5.41, 5.74) is 3.90. The first-order valence-electron chi connectivity index (χ1n) is 20.1. The fraction of sp³-hybridized carbons (Fsp3) is 0. The first-order chi connectivity index (χ1) is 31.4. The van der Waals surface area contributed by atoms with Gasteiger partial charge in [0.1, 0.15) is 37.8 Å². The van der Waals surface area contributed by atoms with E-state index in [0.29, 0.717) is 5.69 Å². The Hall–Kier alpha value is -9.11. The minimum atomic E-state index is -1.01. The molecule has 0 atom stereocenters. The second-order valence-electron chi connectivity index (χ2n) is 16.0. The van der Waals surface area contributed by atoms with E-state index >= 15 is 0 Å². The van der Waals surface area contributed by atoms with Crippen LogP contribution in [0, 0.1) is 0 Å². The second-order valence-corrected chi connectivity index (χ2v) is 16.0. The Labute approximate surface area is 364 Å². The summed E-state index contributed by atoms with van der Waals surface area (Å²) in [4.78, 5) is 0. The van der Waals surface area contributed by atoms with Gasteiger partial charge in [-0.2, -0.15) is 0 Å². The monoisotopic (exact) mass is 864 g/mol. The van der Waals surface area contributed by atoms with Crippen LogP contribution in [0.3, 0.4) is 0 Å². The highest BCUT2D eigenvalue weighted by molar-refractivity contribution is 6.47. The molecule has 0 spiro atoms. The van der Waals surface area contributed by atoms with E-state index in [1.54, 1.807) is 12.1 Å². The molecule has 4 heterocycles. The van der Waals surface area contributed by atoms with Crippen molar-refractivity contribution in [1.29, 1.82) is 0 Å². The van der Waals surface area contributed by atoms with Crippen LogP contribution in [0.2, 0.25) is 0 Å². The van der Waals surface area contributed by atoms with Gasteiger partial charge in [-0.1, -0.05) is 72.8 Å². The summed E-state index contributed by atoms with van der Waals surface area (Å²) in [6.07, 6.45) is 0. The van der Waals surface area contributed by atoms with Crippen molar-refractivity contribution in [2.45, 2.75) is 0 Å². The second kappa shape index (κ2) is 13.0. The van der Waals surface area contributed by atoms with Gasteiger partial charge in [-0.3, -0.25) is 22.7 Å². The van der Waals surface area contributed by atoms with Gasteiger partial charge in [0, 0.05) is 11.1 Å². The molecule has 17 heteroatoms. The normalized spacial score (nSPS) is 12.1. The van der Waals surface area contributed by atoms with Crippen molar-refractivity contribution in [2.24, 2.45) is 0 Å². The molecule has 15 nitrogen and oxygen atoms in total. The van der Waals surface area contributed by atoms with Gasteiger partial charge in [0.25, 0.3) is 0 Å². The highest BCUT2D eigenvalue weighted by atomic mass is 17.0. The van der Waals surface area contributed by atoms with Gasteiger partial charge in [-0.25, -0.2) is 0 Å². The van der Waals surface area contributed by atoms with Crippen LogP contribution in [0.15, 0.2) is 121 Å². The fourth-order valence-electron chi connectivity index (χ4n) is 9.49. The van der Waals surface area contributed by atoms with E-state index < -0.39 is 68.5 Å². The molecule has 0 aliphatic heterocycles. The highest BCUT2D eigenvalue weighted by Gasteiger charge is 2.35. The highest BCUT2D eigenvalue weighted by Crippen LogP contribution is 2.55. The van der Waals surface area contributed by atoms with E-state index in [2.05, 4.69) is 18.2 Å². The van der Waals surface area contributed by atoms with Crippen LogP contribution in [-0.4, -0.2) is 70.6 Å². The number of aromatic hydroxyl groups is 9. The molecule has 0 bridgehead atoms. The Morgan fingerprint density at radius 3 is 1.31 bits per heavy atom. The van der Waals surface area contributed by atoms with Gasteiger partial charge in [0.05, 0.1) is 21.7 Å². The Kier molecular flexibility index (Phi) is 7.51. The Morgan fingerprint density at radius 2 is 0.754 bits per heavy atom. The van der Waals surface area contributed by atoms with Crippen LogP contribution in [-0.2, 0) is 0 Å². The SMILES string of the molecule is Bc1c(O)c(O)c2ooc3c(O)c4c(c5ooc6c(O)c(O)c(O)c7c1c2n(c35)c67)c1c(O)c(O)c(O)c(B)c1n4-c1ccc(-c2cc(-c3ccccc3)cc(-c3ccccc3)c2)cc1. The fourth-order valence-corrected chi connectivity index (χ4v) is 9.49. The quantitative estimate of drug-likeness (QED) is 0.0475.